The highest BCUT2D eigenvalue weighted by Gasteiger charge is 2.36. The van der Waals surface area contributed by atoms with Crippen molar-refractivity contribution < 1.29 is 23.5 Å². The Hall–Kier alpha value is -2.96. The zero-order chi connectivity index (χ0) is 22.0. The van der Waals surface area contributed by atoms with Crippen LogP contribution in [0.3, 0.4) is 0 Å². The van der Waals surface area contributed by atoms with E-state index in [0.29, 0.717) is 66.8 Å². The van der Waals surface area contributed by atoms with Crippen LogP contribution < -0.4 is 14.4 Å². The van der Waals surface area contributed by atoms with Gasteiger partial charge in [0.05, 0.1) is 12.8 Å². The lowest BCUT2D eigenvalue weighted by Gasteiger charge is -2.18. The molecule has 1 aliphatic heterocycles. The number of ether oxygens (including phenoxy) is 2. The molecule has 1 aliphatic carbocycles. The highest BCUT2D eigenvalue weighted by molar-refractivity contribution is 6.04. The van der Waals surface area contributed by atoms with E-state index < -0.39 is 11.9 Å². The summed E-state index contributed by atoms with van der Waals surface area (Å²) in [7, 11) is 0. The quantitative estimate of drug-likeness (QED) is 0.628. The van der Waals surface area contributed by atoms with Crippen molar-refractivity contribution in [1.29, 1.82) is 0 Å². The Morgan fingerprint density at radius 3 is 2.84 bits per heavy atom. The fraction of sp³-hybridized carbons (Fsp3) is 0.458. The van der Waals surface area contributed by atoms with Crippen LogP contribution in [0.25, 0.3) is 0 Å². The number of anilines is 1. The summed E-state index contributed by atoms with van der Waals surface area (Å²) in [6, 6.07) is 6.42. The van der Waals surface area contributed by atoms with Crippen LogP contribution in [0.2, 0.25) is 0 Å². The van der Waals surface area contributed by atoms with Crippen molar-refractivity contribution >= 4 is 17.4 Å². The molecule has 0 radical (unpaired) electrons. The first-order valence-corrected chi connectivity index (χ1v) is 10.9. The van der Waals surface area contributed by atoms with Crippen molar-refractivity contribution in [2.45, 2.75) is 52.1 Å². The van der Waals surface area contributed by atoms with Crippen LogP contribution in [-0.4, -0.2) is 35.9 Å². The van der Waals surface area contributed by atoms with Crippen molar-refractivity contribution in [3.63, 3.8) is 0 Å². The first-order valence-electron chi connectivity index (χ1n) is 10.9. The molecule has 2 aromatic rings. The third-order valence-electron chi connectivity index (χ3n) is 6.10. The standard InChI is InChI=1S/C24H27FN2O4/c1-3-15(2)9-11-30-23-7-4-17(14-26-23)31-22-8-10-27(24(22)29)16-12-19-18(20(25)13-16)5-6-21(19)28/h4,7,12-15,22H,3,5-6,8-11H2,1-2H3/t15?,22-/m1/s1. The van der Waals surface area contributed by atoms with Crippen LogP contribution in [0, 0.1) is 11.7 Å². The number of halogens is 1. The van der Waals surface area contributed by atoms with Crippen molar-refractivity contribution in [3.05, 3.63) is 47.4 Å². The molecule has 0 N–H and O–H groups in total. The number of Topliss-reactive ketones (excluding diaryl/α,β-unsaturated/α-hetero) is 1. The van der Waals surface area contributed by atoms with Gasteiger partial charge in [-0.3, -0.25) is 9.59 Å². The van der Waals surface area contributed by atoms with E-state index in [4.69, 9.17) is 9.47 Å². The molecule has 0 spiro atoms. The molecule has 0 saturated carbocycles. The van der Waals surface area contributed by atoms with Gasteiger partial charge in [-0.25, -0.2) is 9.37 Å². The van der Waals surface area contributed by atoms with E-state index in [1.807, 2.05) is 0 Å². The number of benzene rings is 1. The average molecular weight is 426 g/mol. The van der Waals surface area contributed by atoms with Gasteiger partial charge in [0.25, 0.3) is 5.91 Å². The van der Waals surface area contributed by atoms with Crippen molar-refractivity contribution in [2.75, 3.05) is 18.1 Å². The fourth-order valence-electron chi connectivity index (χ4n) is 3.93. The maximum Gasteiger partial charge on any atom is 0.268 e. The molecule has 6 nitrogen and oxygen atoms in total. The SMILES string of the molecule is CCC(C)CCOc1ccc(O[C@@H]2CCN(c3cc(F)c4c(c3)C(=O)CC4)C2=O)cn1. The molecule has 1 unspecified atom stereocenters. The zero-order valence-electron chi connectivity index (χ0n) is 17.9. The second-order valence-corrected chi connectivity index (χ2v) is 8.24. The molecule has 164 valence electrons. The lowest BCUT2D eigenvalue weighted by Crippen LogP contribution is -2.32. The smallest absolute Gasteiger partial charge is 0.268 e. The predicted molar refractivity (Wildman–Crippen MR) is 114 cm³/mol. The normalized spacial score (nSPS) is 18.9. The molecule has 1 amide bonds. The summed E-state index contributed by atoms with van der Waals surface area (Å²) in [6.45, 7) is 5.35. The van der Waals surface area contributed by atoms with E-state index in [1.165, 1.54) is 11.0 Å². The van der Waals surface area contributed by atoms with Gasteiger partial charge < -0.3 is 14.4 Å². The predicted octanol–water partition coefficient (Wildman–Crippen LogP) is 4.35. The van der Waals surface area contributed by atoms with Gasteiger partial charge in [0.2, 0.25) is 5.88 Å². The maximum absolute atomic E-state index is 14.4. The van der Waals surface area contributed by atoms with Crippen LogP contribution in [0.5, 0.6) is 11.6 Å². The summed E-state index contributed by atoms with van der Waals surface area (Å²) in [5.41, 5.74) is 1.25. The van der Waals surface area contributed by atoms with Gasteiger partial charge in [0.1, 0.15) is 11.6 Å². The number of hydrogen-bond donors (Lipinski definition) is 0. The Bertz CT molecular complexity index is 976. The van der Waals surface area contributed by atoms with E-state index in [2.05, 4.69) is 18.8 Å². The molecule has 7 heteroatoms. The van der Waals surface area contributed by atoms with Crippen molar-refractivity contribution in [3.8, 4) is 11.6 Å². The summed E-state index contributed by atoms with van der Waals surface area (Å²) in [4.78, 5) is 30.6. The molecule has 1 fully saturated rings. The summed E-state index contributed by atoms with van der Waals surface area (Å²) in [5.74, 6) is 0.851. The first-order chi connectivity index (χ1) is 15.0. The van der Waals surface area contributed by atoms with Crippen LogP contribution in [0.4, 0.5) is 10.1 Å². The summed E-state index contributed by atoms with van der Waals surface area (Å²) in [6.07, 6.45) is 4.17. The number of fused-ring (bicyclic) bond motifs is 1. The van der Waals surface area contributed by atoms with Crippen LogP contribution in [-0.2, 0) is 11.2 Å². The molecule has 1 saturated heterocycles. The van der Waals surface area contributed by atoms with Gasteiger partial charge in [-0.05, 0) is 42.5 Å². The first kappa shape index (κ1) is 21.3. The van der Waals surface area contributed by atoms with E-state index in [-0.39, 0.29) is 11.7 Å². The number of ketones is 1. The second-order valence-electron chi connectivity index (χ2n) is 8.24. The number of nitrogens with zero attached hydrogens (tertiary/aromatic N) is 2. The molecular formula is C24H27FN2O4. The van der Waals surface area contributed by atoms with Gasteiger partial charge in [0, 0.05) is 36.7 Å². The molecule has 2 atom stereocenters. The molecule has 2 heterocycles. The minimum Gasteiger partial charge on any atom is -0.479 e. The van der Waals surface area contributed by atoms with Gasteiger partial charge in [0.15, 0.2) is 11.9 Å². The number of amides is 1. The average Bonchev–Trinajstić information content (AvgIpc) is 3.32. The Balaban J connectivity index is 1.37. The number of rotatable bonds is 8. The molecule has 31 heavy (non-hydrogen) atoms. The Labute approximate surface area is 181 Å². The zero-order valence-corrected chi connectivity index (χ0v) is 17.9. The topological polar surface area (TPSA) is 68.7 Å². The Morgan fingerprint density at radius 1 is 1.26 bits per heavy atom. The molecule has 1 aromatic heterocycles. The van der Waals surface area contributed by atoms with E-state index in [9.17, 15) is 14.0 Å². The van der Waals surface area contributed by atoms with Crippen LogP contribution in [0.1, 0.15) is 55.5 Å². The number of pyridine rings is 1. The number of carbonyl (C=O) groups excluding carboxylic acids is 2. The largest absolute Gasteiger partial charge is 0.479 e. The summed E-state index contributed by atoms with van der Waals surface area (Å²) in [5, 5.41) is 0. The van der Waals surface area contributed by atoms with Gasteiger partial charge in [-0.1, -0.05) is 20.3 Å². The third kappa shape index (κ3) is 4.55. The van der Waals surface area contributed by atoms with E-state index in [1.54, 1.807) is 24.4 Å². The minimum absolute atomic E-state index is 0.0762. The van der Waals surface area contributed by atoms with Gasteiger partial charge >= 0.3 is 0 Å². The minimum atomic E-state index is -0.675. The maximum atomic E-state index is 14.4. The highest BCUT2D eigenvalue weighted by Crippen LogP contribution is 2.32. The molecule has 2 aliphatic rings. The molecule has 0 bridgehead atoms. The van der Waals surface area contributed by atoms with Crippen LogP contribution >= 0.6 is 0 Å². The lowest BCUT2D eigenvalue weighted by atomic mass is 10.1. The third-order valence-corrected chi connectivity index (χ3v) is 6.10. The molecule has 1 aromatic carbocycles. The van der Waals surface area contributed by atoms with E-state index in [0.717, 1.165) is 12.8 Å². The van der Waals surface area contributed by atoms with E-state index >= 15 is 0 Å². The van der Waals surface area contributed by atoms with Gasteiger partial charge in [-0.2, -0.15) is 0 Å². The number of carbonyl (C=O) groups is 2. The Morgan fingerprint density at radius 2 is 2.10 bits per heavy atom. The second kappa shape index (κ2) is 9.04. The lowest BCUT2D eigenvalue weighted by molar-refractivity contribution is -0.122. The summed E-state index contributed by atoms with van der Waals surface area (Å²) < 4.78 is 25.9. The number of hydrogen-bond acceptors (Lipinski definition) is 5. The molecular weight excluding hydrogens is 399 g/mol. The Kier molecular flexibility index (Phi) is 6.20. The van der Waals surface area contributed by atoms with Crippen molar-refractivity contribution in [2.24, 2.45) is 5.92 Å². The monoisotopic (exact) mass is 426 g/mol. The summed E-state index contributed by atoms with van der Waals surface area (Å²) >= 11 is 0. The number of aromatic nitrogens is 1. The van der Waals surface area contributed by atoms with Gasteiger partial charge in [-0.15, -0.1) is 0 Å². The fourth-order valence-corrected chi connectivity index (χ4v) is 3.93. The molecule has 4 rings (SSSR count). The van der Waals surface area contributed by atoms with Crippen LogP contribution in [0.15, 0.2) is 30.5 Å². The highest BCUT2D eigenvalue weighted by atomic mass is 19.1. The van der Waals surface area contributed by atoms with Crippen molar-refractivity contribution in [1.82, 2.24) is 4.98 Å².